The summed E-state index contributed by atoms with van der Waals surface area (Å²) >= 11 is 0. The summed E-state index contributed by atoms with van der Waals surface area (Å²) in [7, 11) is 0. The first-order valence-corrected chi connectivity index (χ1v) is 6.87. The molecular weight excluding hydrogens is 224 g/mol. The van der Waals surface area contributed by atoms with Crippen LogP contribution >= 0.6 is 0 Å². The Labute approximate surface area is 110 Å². The van der Waals surface area contributed by atoms with Crippen molar-refractivity contribution in [3.63, 3.8) is 0 Å². The van der Waals surface area contributed by atoms with E-state index in [0.717, 1.165) is 45.0 Å². The number of hydrogen-bond acceptors (Lipinski definition) is 3. The zero-order valence-electron chi connectivity index (χ0n) is 11.2. The fourth-order valence-electron chi connectivity index (χ4n) is 2.04. The minimum Gasteiger partial charge on any atom is -0.494 e. The summed E-state index contributed by atoms with van der Waals surface area (Å²) in [6.45, 7) is 9.34. The molecule has 1 aromatic rings. The van der Waals surface area contributed by atoms with Gasteiger partial charge in [0, 0.05) is 32.7 Å². The number of hydrogen-bond donors (Lipinski definition) is 1. The number of piperazine rings is 1. The summed E-state index contributed by atoms with van der Waals surface area (Å²) in [5.41, 5.74) is 1.35. The predicted molar refractivity (Wildman–Crippen MR) is 74.4 cm³/mol. The Kier molecular flexibility index (Phi) is 5.49. The first-order chi connectivity index (χ1) is 8.88. The van der Waals surface area contributed by atoms with Gasteiger partial charge in [0.1, 0.15) is 5.75 Å². The standard InChI is InChI=1S/C15H23N2O/c1-2-3-12-18-15-6-4-14(5-7-15)13-17-10-8-16-9-11-17/h4-8,16H,2-3,9-13H2,1H3. The van der Waals surface area contributed by atoms with Gasteiger partial charge in [0.05, 0.1) is 6.61 Å². The van der Waals surface area contributed by atoms with E-state index in [2.05, 4.69) is 48.0 Å². The van der Waals surface area contributed by atoms with Gasteiger partial charge in [0.2, 0.25) is 0 Å². The Morgan fingerprint density at radius 2 is 2.11 bits per heavy atom. The Morgan fingerprint density at radius 3 is 2.78 bits per heavy atom. The van der Waals surface area contributed by atoms with Crippen molar-refractivity contribution < 1.29 is 4.74 Å². The van der Waals surface area contributed by atoms with Crippen LogP contribution in [0.4, 0.5) is 0 Å². The van der Waals surface area contributed by atoms with Crippen LogP contribution in [0.15, 0.2) is 24.3 Å². The molecule has 18 heavy (non-hydrogen) atoms. The normalized spacial score (nSPS) is 16.7. The first kappa shape index (κ1) is 13.4. The molecule has 99 valence electrons. The molecule has 1 radical (unpaired) electrons. The summed E-state index contributed by atoms with van der Waals surface area (Å²) < 4.78 is 5.66. The van der Waals surface area contributed by atoms with Gasteiger partial charge in [-0.1, -0.05) is 25.5 Å². The maximum absolute atomic E-state index is 5.66. The van der Waals surface area contributed by atoms with Crippen LogP contribution in [0.2, 0.25) is 0 Å². The number of benzene rings is 1. The SMILES string of the molecule is CCCCOc1ccc(CN2C[CH]NCC2)cc1. The number of nitrogens with one attached hydrogen (secondary N) is 1. The van der Waals surface area contributed by atoms with E-state index in [1.165, 1.54) is 12.0 Å². The van der Waals surface area contributed by atoms with Gasteiger partial charge in [0.15, 0.2) is 0 Å². The first-order valence-electron chi connectivity index (χ1n) is 6.87. The van der Waals surface area contributed by atoms with Crippen molar-refractivity contribution in [3.05, 3.63) is 36.4 Å². The molecule has 2 rings (SSSR count). The molecule has 0 saturated carbocycles. The zero-order chi connectivity index (χ0) is 12.6. The lowest BCUT2D eigenvalue weighted by molar-refractivity contribution is 0.255. The summed E-state index contributed by atoms with van der Waals surface area (Å²) in [5.74, 6) is 0.985. The highest BCUT2D eigenvalue weighted by molar-refractivity contribution is 5.27. The highest BCUT2D eigenvalue weighted by Gasteiger charge is 2.09. The second-order valence-corrected chi connectivity index (χ2v) is 4.74. The van der Waals surface area contributed by atoms with Crippen LogP contribution in [-0.4, -0.2) is 31.1 Å². The second kappa shape index (κ2) is 7.39. The molecule has 1 aliphatic heterocycles. The van der Waals surface area contributed by atoms with E-state index in [4.69, 9.17) is 4.74 Å². The lowest BCUT2D eigenvalue weighted by Gasteiger charge is -2.26. The largest absolute Gasteiger partial charge is 0.494 e. The van der Waals surface area contributed by atoms with Crippen molar-refractivity contribution in [1.29, 1.82) is 0 Å². The number of ether oxygens (including phenoxy) is 1. The van der Waals surface area contributed by atoms with Crippen molar-refractivity contribution in [2.24, 2.45) is 0 Å². The smallest absolute Gasteiger partial charge is 0.119 e. The molecule has 1 heterocycles. The van der Waals surface area contributed by atoms with E-state index < -0.39 is 0 Å². The maximum Gasteiger partial charge on any atom is 0.119 e. The van der Waals surface area contributed by atoms with Gasteiger partial charge in [-0.05, 0) is 24.1 Å². The molecule has 0 aromatic heterocycles. The molecule has 0 atom stereocenters. The van der Waals surface area contributed by atoms with Crippen LogP contribution in [0.1, 0.15) is 25.3 Å². The molecule has 3 nitrogen and oxygen atoms in total. The molecule has 0 bridgehead atoms. The molecule has 1 aliphatic rings. The van der Waals surface area contributed by atoms with Gasteiger partial charge < -0.3 is 10.1 Å². The van der Waals surface area contributed by atoms with Crippen molar-refractivity contribution in [1.82, 2.24) is 10.2 Å². The third-order valence-electron chi connectivity index (χ3n) is 3.16. The van der Waals surface area contributed by atoms with E-state index in [0.29, 0.717) is 0 Å². The van der Waals surface area contributed by atoms with Crippen LogP contribution in [0.5, 0.6) is 5.75 Å². The van der Waals surface area contributed by atoms with Crippen molar-refractivity contribution >= 4 is 0 Å². The van der Waals surface area contributed by atoms with Gasteiger partial charge in [-0.2, -0.15) is 0 Å². The van der Waals surface area contributed by atoms with Crippen LogP contribution in [0.25, 0.3) is 0 Å². The van der Waals surface area contributed by atoms with Gasteiger partial charge in [-0.15, -0.1) is 0 Å². The Hall–Kier alpha value is -1.06. The van der Waals surface area contributed by atoms with E-state index in [9.17, 15) is 0 Å². The van der Waals surface area contributed by atoms with Crippen LogP contribution in [0, 0.1) is 6.54 Å². The molecule has 1 saturated heterocycles. The lowest BCUT2D eigenvalue weighted by Crippen LogP contribution is -2.39. The fourth-order valence-corrected chi connectivity index (χ4v) is 2.04. The molecule has 0 spiro atoms. The maximum atomic E-state index is 5.66. The topological polar surface area (TPSA) is 24.5 Å². The molecular formula is C15H23N2O. The number of nitrogens with zero attached hydrogens (tertiary/aromatic N) is 1. The molecule has 1 N–H and O–H groups in total. The minimum atomic E-state index is 0.822. The number of rotatable bonds is 6. The molecule has 1 aromatic carbocycles. The highest BCUT2D eigenvalue weighted by Crippen LogP contribution is 2.14. The summed E-state index contributed by atoms with van der Waals surface area (Å²) in [6.07, 6.45) is 2.30. The lowest BCUT2D eigenvalue weighted by atomic mass is 10.2. The van der Waals surface area contributed by atoms with Crippen LogP contribution in [-0.2, 0) is 6.54 Å². The molecule has 3 heteroatoms. The molecule has 0 unspecified atom stereocenters. The summed E-state index contributed by atoms with van der Waals surface area (Å²) in [6, 6.07) is 8.50. The van der Waals surface area contributed by atoms with Gasteiger partial charge in [0.25, 0.3) is 0 Å². The third-order valence-corrected chi connectivity index (χ3v) is 3.16. The summed E-state index contributed by atoms with van der Waals surface area (Å²) in [4.78, 5) is 2.43. The van der Waals surface area contributed by atoms with Crippen LogP contribution in [0.3, 0.4) is 0 Å². The molecule has 1 fully saturated rings. The average Bonchev–Trinajstić information content (AvgIpc) is 2.42. The van der Waals surface area contributed by atoms with Crippen molar-refractivity contribution in [2.45, 2.75) is 26.3 Å². The van der Waals surface area contributed by atoms with Gasteiger partial charge >= 0.3 is 0 Å². The van der Waals surface area contributed by atoms with E-state index in [1.807, 2.05) is 0 Å². The van der Waals surface area contributed by atoms with E-state index >= 15 is 0 Å². The molecule has 0 aliphatic carbocycles. The van der Waals surface area contributed by atoms with Gasteiger partial charge in [-0.25, -0.2) is 0 Å². The van der Waals surface area contributed by atoms with E-state index in [-0.39, 0.29) is 0 Å². The molecule has 0 amide bonds. The zero-order valence-corrected chi connectivity index (χ0v) is 11.2. The third kappa shape index (κ3) is 4.31. The quantitative estimate of drug-likeness (QED) is 0.781. The monoisotopic (exact) mass is 247 g/mol. The van der Waals surface area contributed by atoms with Crippen molar-refractivity contribution in [3.8, 4) is 5.75 Å². The summed E-state index contributed by atoms with van der Waals surface area (Å²) in [5, 5.41) is 3.25. The highest BCUT2D eigenvalue weighted by atomic mass is 16.5. The average molecular weight is 247 g/mol. The van der Waals surface area contributed by atoms with Crippen molar-refractivity contribution in [2.75, 3.05) is 26.2 Å². The minimum absolute atomic E-state index is 0.822. The fraction of sp³-hybridized carbons (Fsp3) is 0.533. The van der Waals surface area contributed by atoms with E-state index in [1.54, 1.807) is 0 Å². The Balaban J connectivity index is 1.79. The van der Waals surface area contributed by atoms with Crippen LogP contribution < -0.4 is 10.1 Å². The number of unbranched alkanes of at least 4 members (excludes halogenated alkanes) is 1. The Morgan fingerprint density at radius 1 is 1.28 bits per heavy atom. The predicted octanol–water partition coefficient (Wildman–Crippen LogP) is 2.43. The second-order valence-electron chi connectivity index (χ2n) is 4.74. The van der Waals surface area contributed by atoms with Gasteiger partial charge in [-0.3, -0.25) is 4.90 Å². The Bertz CT molecular complexity index is 331.